The number of hydrogen-bond donors (Lipinski definition) is 1. The number of anilines is 2. The summed E-state index contributed by atoms with van der Waals surface area (Å²) in [7, 11) is 1.28. The Kier molecular flexibility index (Phi) is 5.20. The Balaban J connectivity index is 2.54. The number of aryl methyl sites for hydroxylation is 2. The Morgan fingerprint density at radius 3 is 2.78 bits per heavy atom. The van der Waals surface area contributed by atoms with E-state index in [9.17, 15) is 4.79 Å². The molecule has 0 spiro atoms. The lowest BCUT2D eigenvalue weighted by Crippen LogP contribution is -2.09. The van der Waals surface area contributed by atoms with Crippen molar-refractivity contribution >= 4 is 29.1 Å². The lowest BCUT2D eigenvalue weighted by Gasteiger charge is -2.14. The van der Waals surface area contributed by atoms with E-state index >= 15 is 0 Å². The summed E-state index contributed by atoms with van der Waals surface area (Å²) in [6, 6.07) is 9.23. The maximum absolute atomic E-state index is 11.9. The van der Waals surface area contributed by atoms with Gasteiger partial charge in [0.15, 0.2) is 5.69 Å². The highest BCUT2D eigenvalue weighted by Crippen LogP contribution is 2.27. The Hall–Kier alpha value is -2.58. The Morgan fingerprint density at radius 2 is 2.17 bits per heavy atom. The van der Waals surface area contributed by atoms with E-state index in [2.05, 4.69) is 16.4 Å². The predicted octanol–water partition coefficient (Wildman–Crippen LogP) is 4.01. The summed E-state index contributed by atoms with van der Waals surface area (Å²) < 4.78 is 4.76. The van der Waals surface area contributed by atoms with E-state index < -0.39 is 5.97 Å². The van der Waals surface area contributed by atoms with Crippen LogP contribution in [0.1, 0.15) is 34.1 Å². The highest BCUT2D eigenvalue weighted by Gasteiger charge is 2.18. The molecule has 23 heavy (non-hydrogen) atoms. The lowest BCUT2D eigenvalue weighted by atomic mass is 10.1. The van der Waals surface area contributed by atoms with E-state index in [4.69, 9.17) is 21.6 Å². The average Bonchev–Trinajstić information content (AvgIpc) is 2.56. The largest absolute Gasteiger partial charge is 0.465 e. The molecular weight excluding hydrogens is 314 g/mol. The third-order valence-corrected chi connectivity index (χ3v) is 3.67. The van der Waals surface area contributed by atoms with Crippen molar-refractivity contribution in [3.63, 3.8) is 0 Å². The number of nitrogens with zero attached hydrogens (tertiary/aromatic N) is 2. The maximum Gasteiger partial charge on any atom is 0.341 e. The minimum atomic E-state index is -0.573. The summed E-state index contributed by atoms with van der Waals surface area (Å²) in [4.78, 5) is 16.1. The molecule has 1 aromatic heterocycles. The van der Waals surface area contributed by atoms with E-state index in [1.807, 2.05) is 32.0 Å². The molecule has 1 aromatic carbocycles. The zero-order chi connectivity index (χ0) is 17.0. The molecular formula is C17H16ClN3O2. The number of rotatable bonds is 4. The molecule has 0 radical (unpaired) electrons. The first-order valence-electron chi connectivity index (χ1n) is 7.05. The van der Waals surface area contributed by atoms with Gasteiger partial charge in [-0.1, -0.05) is 36.2 Å². The number of pyridine rings is 1. The van der Waals surface area contributed by atoms with Gasteiger partial charge in [-0.25, -0.2) is 9.78 Å². The Labute approximate surface area is 139 Å². The number of methoxy groups -OCH3 is 1. The van der Waals surface area contributed by atoms with Crippen LogP contribution in [0.25, 0.3) is 0 Å². The standard InChI is InChI=1S/C17H16ClN3O2/c1-4-11-7-10(2)5-6-14(11)20-16-12(17(22)23-3)8-13(18)15(9-19)21-16/h5-8H,4H2,1-3H3,(H,20,21). The van der Waals surface area contributed by atoms with Crippen molar-refractivity contribution in [2.75, 3.05) is 12.4 Å². The first-order chi connectivity index (χ1) is 11.0. The number of halogens is 1. The first kappa shape index (κ1) is 16.8. The summed E-state index contributed by atoms with van der Waals surface area (Å²) in [5.74, 6) is -0.326. The number of nitrogens with one attached hydrogen (secondary N) is 1. The van der Waals surface area contributed by atoms with E-state index in [1.54, 1.807) is 0 Å². The number of benzene rings is 1. The molecule has 5 nitrogen and oxygen atoms in total. The van der Waals surface area contributed by atoms with Gasteiger partial charge in [-0.3, -0.25) is 0 Å². The SMILES string of the molecule is CCc1cc(C)ccc1Nc1nc(C#N)c(Cl)cc1C(=O)OC. The van der Waals surface area contributed by atoms with E-state index in [1.165, 1.54) is 13.2 Å². The molecule has 0 saturated heterocycles. The normalized spacial score (nSPS) is 10.0. The first-order valence-corrected chi connectivity index (χ1v) is 7.43. The molecule has 0 unspecified atom stereocenters. The van der Waals surface area contributed by atoms with Crippen molar-refractivity contribution in [2.45, 2.75) is 20.3 Å². The fourth-order valence-corrected chi connectivity index (χ4v) is 2.39. The molecule has 0 saturated carbocycles. The van der Waals surface area contributed by atoms with Crippen molar-refractivity contribution in [2.24, 2.45) is 0 Å². The van der Waals surface area contributed by atoms with Crippen LogP contribution >= 0.6 is 11.6 Å². The van der Waals surface area contributed by atoms with Crippen LogP contribution in [0.3, 0.4) is 0 Å². The zero-order valence-electron chi connectivity index (χ0n) is 13.1. The van der Waals surface area contributed by atoms with Crippen molar-refractivity contribution < 1.29 is 9.53 Å². The molecule has 0 aliphatic carbocycles. The van der Waals surface area contributed by atoms with Crippen LogP contribution in [0.2, 0.25) is 5.02 Å². The van der Waals surface area contributed by atoms with Crippen LogP contribution in [0.15, 0.2) is 24.3 Å². The molecule has 0 atom stereocenters. The van der Waals surface area contributed by atoms with E-state index in [-0.39, 0.29) is 22.1 Å². The predicted molar refractivity (Wildman–Crippen MR) is 89.1 cm³/mol. The third kappa shape index (κ3) is 3.61. The van der Waals surface area contributed by atoms with Crippen LogP contribution in [0.5, 0.6) is 0 Å². The number of hydrogen-bond acceptors (Lipinski definition) is 5. The van der Waals surface area contributed by atoms with Gasteiger partial charge < -0.3 is 10.1 Å². The molecule has 0 aliphatic rings. The van der Waals surface area contributed by atoms with Crippen LogP contribution in [-0.2, 0) is 11.2 Å². The molecule has 2 rings (SSSR count). The molecule has 0 aliphatic heterocycles. The molecule has 0 fully saturated rings. The molecule has 0 amide bonds. The Morgan fingerprint density at radius 1 is 1.43 bits per heavy atom. The van der Waals surface area contributed by atoms with Gasteiger partial charge in [-0.05, 0) is 31.0 Å². The number of carbonyl (C=O) groups excluding carboxylic acids is 1. The van der Waals surface area contributed by atoms with Crippen LogP contribution < -0.4 is 5.32 Å². The summed E-state index contributed by atoms with van der Waals surface area (Å²) >= 11 is 5.96. The fraction of sp³-hybridized carbons (Fsp3) is 0.235. The minimum absolute atomic E-state index is 0.0481. The van der Waals surface area contributed by atoms with Crippen LogP contribution in [0, 0.1) is 18.3 Å². The zero-order valence-corrected chi connectivity index (χ0v) is 13.9. The highest BCUT2D eigenvalue weighted by atomic mass is 35.5. The summed E-state index contributed by atoms with van der Waals surface area (Å²) in [5, 5.41) is 12.3. The topological polar surface area (TPSA) is 75.0 Å². The minimum Gasteiger partial charge on any atom is -0.465 e. The molecule has 1 heterocycles. The number of carbonyl (C=O) groups is 1. The maximum atomic E-state index is 11.9. The number of ether oxygens (including phenoxy) is 1. The number of esters is 1. The average molecular weight is 330 g/mol. The second-order valence-corrected chi connectivity index (χ2v) is 5.36. The van der Waals surface area contributed by atoms with Crippen molar-refractivity contribution in [1.82, 2.24) is 4.98 Å². The second kappa shape index (κ2) is 7.12. The van der Waals surface area contributed by atoms with Crippen molar-refractivity contribution in [3.8, 4) is 6.07 Å². The van der Waals surface area contributed by atoms with Gasteiger partial charge in [-0.2, -0.15) is 5.26 Å². The molecule has 2 aromatic rings. The van der Waals surface area contributed by atoms with Gasteiger partial charge in [0.05, 0.1) is 12.1 Å². The summed E-state index contributed by atoms with van der Waals surface area (Å²) in [6.45, 7) is 4.05. The monoisotopic (exact) mass is 329 g/mol. The van der Waals surface area contributed by atoms with Crippen LogP contribution in [0.4, 0.5) is 11.5 Å². The summed E-state index contributed by atoms with van der Waals surface area (Å²) in [6.07, 6.45) is 0.816. The van der Waals surface area contributed by atoms with Crippen molar-refractivity contribution in [1.29, 1.82) is 5.26 Å². The second-order valence-electron chi connectivity index (χ2n) is 4.96. The van der Waals surface area contributed by atoms with Crippen LogP contribution in [-0.4, -0.2) is 18.1 Å². The lowest BCUT2D eigenvalue weighted by molar-refractivity contribution is 0.0601. The van der Waals surface area contributed by atoms with Gasteiger partial charge in [0, 0.05) is 5.69 Å². The number of aromatic nitrogens is 1. The van der Waals surface area contributed by atoms with E-state index in [0.717, 1.165) is 23.2 Å². The van der Waals surface area contributed by atoms with Gasteiger partial charge in [0.25, 0.3) is 0 Å². The quantitative estimate of drug-likeness (QED) is 0.858. The van der Waals surface area contributed by atoms with Gasteiger partial charge in [-0.15, -0.1) is 0 Å². The third-order valence-electron chi connectivity index (χ3n) is 3.38. The van der Waals surface area contributed by atoms with Gasteiger partial charge in [0.1, 0.15) is 17.5 Å². The molecule has 118 valence electrons. The molecule has 0 bridgehead atoms. The number of nitriles is 1. The summed E-state index contributed by atoms with van der Waals surface area (Å²) in [5.41, 5.74) is 3.27. The highest BCUT2D eigenvalue weighted by molar-refractivity contribution is 6.32. The van der Waals surface area contributed by atoms with Crippen molar-refractivity contribution in [3.05, 3.63) is 51.7 Å². The van der Waals surface area contributed by atoms with Gasteiger partial charge >= 0.3 is 5.97 Å². The van der Waals surface area contributed by atoms with E-state index in [0.29, 0.717) is 0 Å². The fourth-order valence-electron chi connectivity index (χ4n) is 2.19. The molecule has 1 N–H and O–H groups in total. The van der Waals surface area contributed by atoms with Gasteiger partial charge in [0.2, 0.25) is 0 Å². The molecule has 6 heteroatoms. The smallest absolute Gasteiger partial charge is 0.341 e. The Bertz CT molecular complexity index is 797.